The molecule has 0 bridgehead atoms. The van der Waals surface area contributed by atoms with Crippen LogP contribution in [0.4, 0.5) is 11.5 Å². The Kier molecular flexibility index (Phi) is 2.76. The molecule has 2 heterocycles. The molecule has 1 aromatic heterocycles. The molecule has 0 saturated carbocycles. The lowest BCUT2D eigenvalue weighted by Gasteiger charge is -2.14. The summed E-state index contributed by atoms with van der Waals surface area (Å²) in [5.74, 6) is 0.882. The van der Waals surface area contributed by atoms with Gasteiger partial charge in [-0.05, 0) is 38.2 Å². The van der Waals surface area contributed by atoms with Gasteiger partial charge in [0, 0.05) is 23.7 Å². The van der Waals surface area contributed by atoms with Crippen LogP contribution in [0, 0.1) is 0 Å². The van der Waals surface area contributed by atoms with Gasteiger partial charge in [0.2, 0.25) is 0 Å². The molecule has 3 rings (SSSR count). The summed E-state index contributed by atoms with van der Waals surface area (Å²) in [4.78, 5) is 10.9. The first-order chi connectivity index (χ1) is 8.72. The molecule has 0 aliphatic carbocycles. The molecule has 0 radical (unpaired) electrons. The standard InChI is InChI=1S/C13H17N5/c1-18-5-4-10(7-18)17-13-11-6-9(14)2-3-12(11)15-8-16-13/h2-3,6,8,10H,4-5,7,14H2,1H3,(H,15,16,17). The minimum atomic E-state index is 0.453. The number of aromatic nitrogens is 2. The SMILES string of the molecule is CN1CCC(Nc2ncnc3ccc(N)cc23)C1. The van der Waals surface area contributed by atoms with E-state index < -0.39 is 0 Å². The molecule has 2 aromatic rings. The van der Waals surface area contributed by atoms with Gasteiger partial charge in [0.25, 0.3) is 0 Å². The number of likely N-dealkylation sites (tertiary alicyclic amines) is 1. The molecule has 1 atom stereocenters. The van der Waals surface area contributed by atoms with Crippen LogP contribution in [0.1, 0.15) is 6.42 Å². The van der Waals surface area contributed by atoms with Crippen molar-refractivity contribution in [1.29, 1.82) is 0 Å². The molecule has 5 heteroatoms. The monoisotopic (exact) mass is 243 g/mol. The van der Waals surface area contributed by atoms with E-state index in [1.807, 2.05) is 18.2 Å². The lowest BCUT2D eigenvalue weighted by Crippen LogP contribution is -2.24. The van der Waals surface area contributed by atoms with E-state index in [0.717, 1.165) is 41.9 Å². The van der Waals surface area contributed by atoms with E-state index in [4.69, 9.17) is 5.73 Å². The maximum absolute atomic E-state index is 5.83. The van der Waals surface area contributed by atoms with Crippen LogP contribution in [0.3, 0.4) is 0 Å². The summed E-state index contributed by atoms with van der Waals surface area (Å²) in [5, 5.41) is 4.49. The molecule has 0 amide bonds. The van der Waals surface area contributed by atoms with E-state index >= 15 is 0 Å². The second-order valence-corrected chi connectivity index (χ2v) is 4.89. The molecular formula is C13H17N5. The van der Waals surface area contributed by atoms with Gasteiger partial charge >= 0.3 is 0 Å². The molecule has 1 fully saturated rings. The number of nitrogen functional groups attached to an aromatic ring is 1. The highest BCUT2D eigenvalue weighted by Gasteiger charge is 2.20. The molecule has 1 aliphatic rings. The Labute approximate surface area is 106 Å². The summed E-state index contributed by atoms with van der Waals surface area (Å²) >= 11 is 0. The largest absolute Gasteiger partial charge is 0.399 e. The number of nitrogens with two attached hydrogens (primary N) is 1. The number of hydrogen-bond acceptors (Lipinski definition) is 5. The Balaban J connectivity index is 1.93. The zero-order valence-corrected chi connectivity index (χ0v) is 10.4. The second kappa shape index (κ2) is 4.42. The molecule has 1 saturated heterocycles. The molecule has 0 spiro atoms. The van der Waals surface area contributed by atoms with Crippen LogP contribution < -0.4 is 11.1 Å². The van der Waals surface area contributed by atoms with Crippen molar-refractivity contribution in [3.63, 3.8) is 0 Å². The Bertz CT molecular complexity index is 568. The highest BCUT2D eigenvalue weighted by atomic mass is 15.2. The smallest absolute Gasteiger partial charge is 0.137 e. The van der Waals surface area contributed by atoms with Crippen LogP contribution in [0.25, 0.3) is 10.9 Å². The molecular weight excluding hydrogens is 226 g/mol. The fourth-order valence-electron chi connectivity index (χ4n) is 2.44. The number of hydrogen-bond donors (Lipinski definition) is 2. The molecule has 18 heavy (non-hydrogen) atoms. The molecule has 1 unspecified atom stereocenters. The molecule has 5 nitrogen and oxygen atoms in total. The highest BCUT2D eigenvalue weighted by Crippen LogP contribution is 2.23. The summed E-state index contributed by atoms with van der Waals surface area (Å²) in [7, 11) is 2.14. The van der Waals surface area contributed by atoms with Gasteiger partial charge in [0.05, 0.1) is 5.52 Å². The first-order valence-electron chi connectivity index (χ1n) is 6.18. The van der Waals surface area contributed by atoms with Gasteiger partial charge < -0.3 is 16.0 Å². The van der Waals surface area contributed by atoms with Crippen molar-refractivity contribution in [2.24, 2.45) is 0 Å². The van der Waals surface area contributed by atoms with Crippen molar-refractivity contribution < 1.29 is 0 Å². The number of likely N-dealkylation sites (N-methyl/N-ethyl adjacent to an activating group) is 1. The lowest BCUT2D eigenvalue weighted by atomic mass is 10.2. The van der Waals surface area contributed by atoms with Crippen LogP contribution in [-0.4, -0.2) is 41.0 Å². The van der Waals surface area contributed by atoms with E-state index in [1.165, 1.54) is 0 Å². The number of benzene rings is 1. The average Bonchev–Trinajstić information content (AvgIpc) is 2.76. The van der Waals surface area contributed by atoms with Crippen LogP contribution >= 0.6 is 0 Å². The first-order valence-corrected chi connectivity index (χ1v) is 6.18. The third-order valence-electron chi connectivity index (χ3n) is 3.39. The van der Waals surface area contributed by atoms with Crippen molar-refractivity contribution in [2.45, 2.75) is 12.5 Å². The van der Waals surface area contributed by atoms with Gasteiger partial charge in [-0.25, -0.2) is 9.97 Å². The highest BCUT2D eigenvalue weighted by molar-refractivity contribution is 5.91. The van der Waals surface area contributed by atoms with Crippen LogP contribution in [0.5, 0.6) is 0 Å². The molecule has 3 N–H and O–H groups in total. The number of nitrogens with zero attached hydrogens (tertiary/aromatic N) is 3. The van der Waals surface area contributed by atoms with Crippen molar-refractivity contribution in [1.82, 2.24) is 14.9 Å². The number of rotatable bonds is 2. The van der Waals surface area contributed by atoms with Crippen molar-refractivity contribution in [2.75, 3.05) is 31.2 Å². The van der Waals surface area contributed by atoms with Gasteiger partial charge in [-0.15, -0.1) is 0 Å². The van der Waals surface area contributed by atoms with Gasteiger partial charge in [-0.3, -0.25) is 0 Å². The topological polar surface area (TPSA) is 67.1 Å². The normalized spacial score (nSPS) is 20.4. The molecule has 94 valence electrons. The predicted molar refractivity (Wildman–Crippen MR) is 73.5 cm³/mol. The van der Waals surface area contributed by atoms with E-state index in [1.54, 1.807) is 6.33 Å². The van der Waals surface area contributed by atoms with E-state index in [2.05, 4.69) is 27.2 Å². The maximum Gasteiger partial charge on any atom is 0.137 e. The number of nitrogens with one attached hydrogen (secondary N) is 1. The lowest BCUT2D eigenvalue weighted by molar-refractivity contribution is 0.414. The number of anilines is 2. The minimum Gasteiger partial charge on any atom is -0.399 e. The number of fused-ring (bicyclic) bond motifs is 1. The van der Waals surface area contributed by atoms with Gasteiger partial charge in [-0.2, -0.15) is 0 Å². The van der Waals surface area contributed by atoms with Gasteiger partial charge in [-0.1, -0.05) is 0 Å². The van der Waals surface area contributed by atoms with Crippen molar-refractivity contribution >= 4 is 22.4 Å². The van der Waals surface area contributed by atoms with E-state index in [9.17, 15) is 0 Å². The van der Waals surface area contributed by atoms with Crippen LogP contribution in [-0.2, 0) is 0 Å². The Morgan fingerprint density at radius 1 is 1.39 bits per heavy atom. The fourth-order valence-corrected chi connectivity index (χ4v) is 2.44. The van der Waals surface area contributed by atoms with Crippen LogP contribution in [0.2, 0.25) is 0 Å². The third-order valence-corrected chi connectivity index (χ3v) is 3.39. The summed E-state index contributed by atoms with van der Waals surface area (Å²) in [6, 6.07) is 6.17. The summed E-state index contributed by atoms with van der Waals surface area (Å²) in [6.45, 7) is 2.18. The zero-order valence-electron chi connectivity index (χ0n) is 10.4. The third kappa shape index (κ3) is 2.09. The Morgan fingerprint density at radius 2 is 2.28 bits per heavy atom. The summed E-state index contributed by atoms with van der Waals surface area (Å²) in [6.07, 6.45) is 2.74. The summed E-state index contributed by atoms with van der Waals surface area (Å²) in [5.41, 5.74) is 7.50. The Morgan fingerprint density at radius 3 is 3.06 bits per heavy atom. The average molecular weight is 243 g/mol. The maximum atomic E-state index is 5.83. The molecule has 1 aliphatic heterocycles. The van der Waals surface area contributed by atoms with E-state index in [-0.39, 0.29) is 0 Å². The van der Waals surface area contributed by atoms with Crippen LogP contribution in [0.15, 0.2) is 24.5 Å². The van der Waals surface area contributed by atoms with E-state index in [0.29, 0.717) is 6.04 Å². The van der Waals surface area contributed by atoms with Gasteiger partial charge in [0.15, 0.2) is 0 Å². The first kappa shape index (κ1) is 11.2. The predicted octanol–water partition coefficient (Wildman–Crippen LogP) is 1.33. The van der Waals surface area contributed by atoms with Crippen molar-refractivity contribution in [3.05, 3.63) is 24.5 Å². The quantitative estimate of drug-likeness (QED) is 0.779. The zero-order chi connectivity index (χ0) is 12.5. The summed E-state index contributed by atoms with van der Waals surface area (Å²) < 4.78 is 0. The second-order valence-electron chi connectivity index (χ2n) is 4.89. The minimum absolute atomic E-state index is 0.453. The fraction of sp³-hybridized carbons (Fsp3) is 0.385. The molecule has 1 aromatic carbocycles. The van der Waals surface area contributed by atoms with Crippen molar-refractivity contribution in [3.8, 4) is 0 Å². The Hall–Kier alpha value is -1.88. The van der Waals surface area contributed by atoms with Gasteiger partial charge in [0.1, 0.15) is 12.1 Å².